The molecule has 0 aromatic heterocycles. The lowest BCUT2D eigenvalue weighted by Gasteiger charge is -1.98. The van der Waals surface area contributed by atoms with E-state index in [1.165, 1.54) is 0 Å². The van der Waals surface area contributed by atoms with Crippen LogP contribution >= 0.6 is 24.8 Å². The molecule has 0 saturated carbocycles. The minimum atomic E-state index is 0.474. The number of nitrogens with one attached hydrogen (secondary N) is 2. The van der Waals surface area contributed by atoms with Crippen LogP contribution in [0.4, 0.5) is 0 Å². The van der Waals surface area contributed by atoms with E-state index in [4.69, 9.17) is 0 Å². The van der Waals surface area contributed by atoms with Gasteiger partial charge in [-0.05, 0) is 0 Å². The normalized spacial score (nSPS) is 8.29. The zero-order chi connectivity index (χ0) is 5.70. The highest BCUT2D eigenvalue weighted by Crippen LogP contribution is 1.70. The monoisotopic (exact) mass is 136 g/mol. The zero-order valence-corrected chi connectivity index (χ0v) is 5.77. The second kappa shape index (κ2) is 4.36. The van der Waals surface area contributed by atoms with Crippen molar-refractivity contribution in [3.63, 3.8) is 0 Å². The van der Waals surface area contributed by atoms with Gasteiger partial charge in [0.05, 0.1) is 0 Å². The fourth-order valence-electron chi connectivity index (χ4n) is 0.164. The molecule has 0 aromatic rings. The van der Waals surface area contributed by atoms with Crippen molar-refractivity contribution in [1.29, 1.82) is 0 Å². The summed E-state index contributed by atoms with van der Waals surface area (Å²) in [7, 11) is 0. The molecule has 0 aliphatic carbocycles. The number of thiocarbonyl (C=S) groups is 1. The van der Waals surface area contributed by atoms with Crippen LogP contribution in [0.5, 0.6) is 0 Å². The minimum Gasteiger partial charge on any atom is -0.307 e. The molecule has 0 aromatic carbocycles. The van der Waals surface area contributed by atoms with Gasteiger partial charge in [0.15, 0.2) is 0 Å². The summed E-state index contributed by atoms with van der Waals surface area (Å²) >= 11 is 8.34. The summed E-state index contributed by atoms with van der Waals surface area (Å²) in [5.41, 5.74) is 5.42. The van der Waals surface area contributed by atoms with Gasteiger partial charge in [0.25, 0.3) is 0 Å². The molecule has 4 heteroatoms. The van der Waals surface area contributed by atoms with Crippen LogP contribution in [0.3, 0.4) is 0 Å². The molecule has 0 unspecified atom stereocenters. The van der Waals surface area contributed by atoms with E-state index in [1.54, 1.807) is 0 Å². The first-order chi connectivity index (χ1) is 3.27. The second-order valence-electron chi connectivity index (χ2n) is 0.960. The summed E-state index contributed by atoms with van der Waals surface area (Å²) in [6, 6.07) is 0. The molecule has 0 heterocycles. The van der Waals surface area contributed by atoms with Crippen molar-refractivity contribution in [2.24, 2.45) is 0 Å². The fraction of sp³-hybridized carbons (Fsp3) is 0.667. The molecule has 2 nitrogen and oxygen atoms in total. The van der Waals surface area contributed by atoms with Gasteiger partial charge in [-0.2, -0.15) is 0 Å². The quantitative estimate of drug-likeness (QED) is 0.289. The highest BCUT2D eigenvalue weighted by molar-refractivity contribution is 8.11. The van der Waals surface area contributed by atoms with E-state index in [1.807, 2.05) is 6.92 Å². The summed E-state index contributed by atoms with van der Waals surface area (Å²) < 4.78 is 0.474. The molecule has 0 aliphatic rings. The third-order valence-corrected chi connectivity index (χ3v) is 0.586. The van der Waals surface area contributed by atoms with Crippen LogP contribution in [0.25, 0.3) is 0 Å². The Morgan fingerprint density at radius 1 is 1.86 bits per heavy atom. The van der Waals surface area contributed by atoms with Crippen LogP contribution in [0.15, 0.2) is 0 Å². The topological polar surface area (TPSA) is 24.1 Å². The molecule has 0 radical (unpaired) electrons. The number of hydrogen-bond donors (Lipinski definition) is 3. The average molecular weight is 136 g/mol. The van der Waals surface area contributed by atoms with E-state index in [0.29, 0.717) is 4.32 Å². The average Bonchev–Trinajstić information content (AvgIpc) is 1.61. The molecular formula is C3H8N2S2. The maximum absolute atomic E-state index is 4.55. The smallest absolute Gasteiger partial charge is 0.144 e. The van der Waals surface area contributed by atoms with Crippen molar-refractivity contribution < 1.29 is 0 Å². The van der Waals surface area contributed by atoms with Gasteiger partial charge in [0, 0.05) is 6.54 Å². The predicted octanol–water partition coefficient (Wildman–Crippen LogP) is 0.315. The molecule has 0 amide bonds. The number of thiol groups is 1. The lowest BCUT2D eigenvalue weighted by Crippen LogP contribution is -2.32. The van der Waals surface area contributed by atoms with Crippen molar-refractivity contribution >= 4 is 29.2 Å². The summed E-state index contributed by atoms with van der Waals surface area (Å²) in [5, 5.41) is 0. The van der Waals surface area contributed by atoms with Gasteiger partial charge in [0.1, 0.15) is 4.32 Å². The van der Waals surface area contributed by atoms with Crippen molar-refractivity contribution in [2.75, 3.05) is 6.54 Å². The van der Waals surface area contributed by atoms with Crippen LogP contribution < -0.4 is 10.9 Å². The maximum atomic E-state index is 4.55. The van der Waals surface area contributed by atoms with Crippen molar-refractivity contribution in [3.8, 4) is 0 Å². The van der Waals surface area contributed by atoms with Gasteiger partial charge in [-0.3, -0.25) is 0 Å². The number of rotatable bonds is 2. The molecule has 0 aliphatic heterocycles. The van der Waals surface area contributed by atoms with Crippen molar-refractivity contribution in [3.05, 3.63) is 0 Å². The van der Waals surface area contributed by atoms with Crippen LogP contribution in [-0.2, 0) is 0 Å². The standard InChI is InChI=1S/C3H8N2S2/c1-2-4-5-3(6)7/h4H,2H2,1H3,(H2,5,6,7). The SMILES string of the molecule is CCNNC(=S)S. The molecule has 7 heavy (non-hydrogen) atoms. The van der Waals surface area contributed by atoms with Gasteiger partial charge in [-0.15, -0.1) is 12.6 Å². The Hall–Kier alpha value is 0.200. The third kappa shape index (κ3) is 6.20. The first-order valence-corrected chi connectivity index (χ1v) is 2.84. The Morgan fingerprint density at radius 3 is 2.57 bits per heavy atom. The Kier molecular flexibility index (Phi) is 4.49. The summed E-state index contributed by atoms with van der Waals surface area (Å²) in [6.45, 7) is 2.82. The summed E-state index contributed by atoms with van der Waals surface area (Å²) in [6.07, 6.45) is 0. The molecule has 0 bridgehead atoms. The van der Waals surface area contributed by atoms with Crippen LogP contribution in [0.2, 0.25) is 0 Å². The largest absolute Gasteiger partial charge is 0.307 e. The fourth-order valence-corrected chi connectivity index (χ4v) is 0.315. The van der Waals surface area contributed by atoms with E-state index in [9.17, 15) is 0 Å². The van der Waals surface area contributed by atoms with Gasteiger partial charge in [0.2, 0.25) is 0 Å². The van der Waals surface area contributed by atoms with Gasteiger partial charge < -0.3 is 5.43 Å². The van der Waals surface area contributed by atoms with E-state index in [-0.39, 0.29) is 0 Å². The van der Waals surface area contributed by atoms with Crippen molar-refractivity contribution in [1.82, 2.24) is 10.9 Å². The lowest BCUT2D eigenvalue weighted by atomic mass is 10.8. The number of hydrogen-bond acceptors (Lipinski definition) is 2. The Morgan fingerprint density at radius 2 is 2.43 bits per heavy atom. The van der Waals surface area contributed by atoms with Gasteiger partial charge in [-0.25, -0.2) is 5.43 Å². The van der Waals surface area contributed by atoms with E-state index in [2.05, 4.69) is 35.7 Å². The Balaban J connectivity index is 2.82. The predicted molar refractivity (Wildman–Crippen MR) is 38.4 cm³/mol. The van der Waals surface area contributed by atoms with Crippen molar-refractivity contribution in [2.45, 2.75) is 6.92 Å². The van der Waals surface area contributed by atoms with Crippen LogP contribution in [-0.4, -0.2) is 10.9 Å². The highest BCUT2D eigenvalue weighted by atomic mass is 32.1. The summed E-state index contributed by atoms with van der Waals surface area (Å²) in [4.78, 5) is 0. The number of hydrazine groups is 1. The zero-order valence-electron chi connectivity index (χ0n) is 4.06. The molecule has 0 spiro atoms. The molecule has 0 saturated heterocycles. The van der Waals surface area contributed by atoms with Crippen LogP contribution in [0, 0.1) is 0 Å². The molecule has 0 rings (SSSR count). The van der Waals surface area contributed by atoms with E-state index < -0.39 is 0 Å². The molecule has 2 N–H and O–H groups in total. The lowest BCUT2D eigenvalue weighted by molar-refractivity contribution is 0.697. The molecule has 0 fully saturated rings. The van der Waals surface area contributed by atoms with Gasteiger partial charge in [-0.1, -0.05) is 19.1 Å². The van der Waals surface area contributed by atoms with E-state index >= 15 is 0 Å². The first-order valence-electron chi connectivity index (χ1n) is 1.99. The van der Waals surface area contributed by atoms with Gasteiger partial charge >= 0.3 is 0 Å². The summed E-state index contributed by atoms with van der Waals surface area (Å²) in [5.74, 6) is 0. The third-order valence-electron chi connectivity index (χ3n) is 0.372. The maximum Gasteiger partial charge on any atom is 0.144 e. The second-order valence-corrected chi connectivity index (χ2v) is 2.12. The highest BCUT2D eigenvalue weighted by Gasteiger charge is 1.77. The first kappa shape index (κ1) is 7.20. The molecule has 0 atom stereocenters. The van der Waals surface area contributed by atoms with Crippen LogP contribution in [0.1, 0.15) is 6.92 Å². The molecule has 42 valence electrons. The minimum absolute atomic E-state index is 0.474. The molecular weight excluding hydrogens is 128 g/mol. The van der Waals surface area contributed by atoms with E-state index in [0.717, 1.165) is 6.54 Å². The Bertz CT molecular complexity index is 64.0. The Labute approximate surface area is 54.1 Å².